The van der Waals surface area contributed by atoms with E-state index in [1.807, 2.05) is 6.07 Å². The molecule has 2 heteroatoms. The molecule has 0 bridgehead atoms. The fourth-order valence-electron chi connectivity index (χ4n) is 4.10. The summed E-state index contributed by atoms with van der Waals surface area (Å²) in [6.45, 7) is 10.4. The van der Waals surface area contributed by atoms with E-state index in [0.717, 1.165) is 18.5 Å². The van der Waals surface area contributed by atoms with E-state index in [9.17, 15) is 4.39 Å². The van der Waals surface area contributed by atoms with E-state index in [-0.39, 0.29) is 5.82 Å². The molecule has 0 radical (unpaired) electrons. The lowest BCUT2D eigenvalue weighted by molar-refractivity contribution is 0.0854. The first kappa shape index (κ1) is 15.5. The maximum absolute atomic E-state index is 13.1. The third kappa shape index (κ3) is 4.59. The van der Waals surface area contributed by atoms with Crippen molar-refractivity contribution >= 4 is 0 Å². The van der Waals surface area contributed by atoms with Gasteiger partial charge in [-0.3, -0.25) is 0 Å². The Bertz CT molecular complexity index is 434. The van der Waals surface area contributed by atoms with Gasteiger partial charge < -0.3 is 5.32 Å². The van der Waals surface area contributed by atoms with E-state index >= 15 is 0 Å². The van der Waals surface area contributed by atoms with Crippen LogP contribution in [0.1, 0.15) is 52.5 Å². The van der Waals surface area contributed by atoms with Crippen molar-refractivity contribution in [2.75, 3.05) is 6.54 Å². The van der Waals surface area contributed by atoms with Crippen molar-refractivity contribution < 1.29 is 4.39 Å². The van der Waals surface area contributed by atoms with Crippen LogP contribution in [-0.2, 0) is 6.42 Å². The monoisotopic (exact) mass is 277 g/mol. The summed E-state index contributed by atoms with van der Waals surface area (Å²) in [4.78, 5) is 0. The van der Waals surface area contributed by atoms with Gasteiger partial charge in [0.1, 0.15) is 5.82 Å². The predicted molar refractivity (Wildman–Crippen MR) is 83.3 cm³/mol. The van der Waals surface area contributed by atoms with E-state index in [0.29, 0.717) is 16.9 Å². The molecule has 0 spiro atoms. The van der Waals surface area contributed by atoms with Gasteiger partial charge in [0.15, 0.2) is 0 Å². The van der Waals surface area contributed by atoms with Crippen LogP contribution in [0.3, 0.4) is 0 Å². The van der Waals surface area contributed by atoms with Crippen LogP contribution in [0.5, 0.6) is 0 Å². The first-order valence-electron chi connectivity index (χ1n) is 7.74. The lowest BCUT2D eigenvalue weighted by Gasteiger charge is -2.45. The maximum Gasteiger partial charge on any atom is 0.123 e. The molecule has 1 fully saturated rings. The minimum Gasteiger partial charge on any atom is -0.314 e. The van der Waals surface area contributed by atoms with Crippen molar-refractivity contribution in [3.8, 4) is 0 Å². The fraction of sp³-hybridized carbons (Fsp3) is 0.667. The maximum atomic E-state index is 13.1. The molecule has 0 aliphatic heterocycles. The first-order valence-corrected chi connectivity index (χ1v) is 7.74. The fourth-order valence-corrected chi connectivity index (χ4v) is 4.10. The van der Waals surface area contributed by atoms with Gasteiger partial charge in [-0.2, -0.15) is 0 Å². The second-order valence-electron chi connectivity index (χ2n) is 7.94. The van der Waals surface area contributed by atoms with Crippen LogP contribution >= 0.6 is 0 Å². The SMILES string of the molecule is CC1(C)CC(NCCc2cccc(F)c2)CC(C)(C)C1. The van der Waals surface area contributed by atoms with Crippen LogP contribution in [0.2, 0.25) is 0 Å². The zero-order valence-electron chi connectivity index (χ0n) is 13.3. The molecule has 0 aromatic heterocycles. The summed E-state index contributed by atoms with van der Waals surface area (Å²) < 4.78 is 13.1. The molecule has 1 aromatic rings. The predicted octanol–water partition coefficient (Wildman–Crippen LogP) is 4.56. The highest BCUT2D eigenvalue weighted by atomic mass is 19.1. The van der Waals surface area contributed by atoms with Crippen molar-refractivity contribution in [1.29, 1.82) is 0 Å². The number of rotatable bonds is 4. The Balaban J connectivity index is 1.84. The van der Waals surface area contributed by atoms with Crippen molar-refractivity contribution in [2.45, 2.75) is 59.4 Å². The zero-order chi connectivity index (χ0) is 14.8. The Morgan fingerprint density at radius 3 is 2.40 bits per heavy atom. The van der Waals surface area contributed by atoms with Crippen LogP contribution in [0.25, 0.3) is 0 Å². The van der Waals surface area contributed by atoms with Crippen molar-refractivity contribution in [3.05, 3.63) is 35.6 Å². The minimum atomic E-state index is -0.137. The van der Waals surface area contributed by atoms with Gasteiger partial charge in [0.2, 0.25) is 0 Å². The molecule has 0 heterocycles. The standard InChI is InChI=1S/C18H28FN/c1-17(2)11-16(12-18(3,4)13-17)20-9-8-14-6-5-7-15(19)10-14/h5-7,10,16,20H,8-9,11-13H2,1-4H3. The van der Waals surface area contributed by atoms with Gasteiger partial charge in [-0.15, -0.1) is 0 Å². The molecular formula is C18H28FN. The highest BCUT2D eigenvalue weighted by Crippen LogP contribution is 2.45. The molecule has 20 heavy (non-hydrogen) atoms. The van der Waals surface area contributed by atoms with Crippen molar-refractivity contribution in [1.82, 2.24) is 5.32 Å². The van der Waals surface area contributed by atoms with Crippen LogP contribution in [-0.4, -0.2) is 12.6 Å². The molecule has 2 rings (SSSR count). The lowest BCUT2D eigenvalue weighted by Crippen LogP contribution is -2.44. The average Bonchev–Trinajstić information content (AvgIpc) is 2.24. The molecule has 0 amide bonds. The molecule has 1 aliphatic carbocycles. The molecule has 1 N–H and O–H groups in total. The summed E-state index contributed by atoms with van der Waals surface area (Å²) in [7, 11) is 0. The van der Waals surface area contributed by atoms with E-state index in [4.69, 9.17) is 0 Å². The third-order valence-electron chi connectivity index (χ3n) is 4.29. The van der Waals surface area contributed by atoms with Crippen LogP contribution < -0.4 is 5.32 Å². The van der Waals surface area contributed by atoms with Gasteiger partial charge in [0.25, 0.3) is 0 Å². The molecule has 1 saturated carbocycles. The van der Waals surface area contributed by atoms with Gasteiger partial charge >= 0.3 is 0 Å². The van der Waals surface area contributed by atoms with Gasteiger partial charge in [-0.25, -0.2) is 4.39 Å². The molecular weight excluding hydrogens is 249 g/mol. The molecule has 0 atom stereocenters. The summed E-state index contributed by atoms with van der Waals surface area (Å²) in [6, 6.07) is 7.51. The summed E-state index contributed by atoms with van der Waals surface area (Å²) >= 11 is 0. The van der Waals surface area contributed by atoms with Gasteiger partial charge in [-0.05, 0) is 60.8 Å². The molecule has 112 valence electrons. The lowest BCUT2D eigenvalue weighted by atomic mass is 9.63. The summed E-state index contributed by atoms with van der Waals surface area (Å²) in [6.07, 6.45) is 4.66. The second-order valence-corrected chi connectivity index (χ2v) is 7.94. The Labute approximate surface area is 123 Å². The van der Waals surface area contributed by atoms with Crippen molar-refractivity contribution in [2.24, 2.45) is 10.8 Å². The van der Waals surface area contributed by atoms with E-state index in [2.05, 4.69) is 33.0 Å². The number of hydrogen-bond donors (Lipinski definition) is 1. The van der Waals surface area contributed by atoms with Gasteiger partial charge in [0, 0.05) is 6.04 Å². The van der Waals surface area contributed by atoms with E-state index in [1.54, 1.807) is 12.1 Å². The number of benzene rings is 1. The topological polar surface area (TPSA) is 12.0 Å². The Kier molecular flexibility index (Phi) is 4.53. The van der Waals surface area contributed by atoms with Gasteiger partial charge in [0.05, 0.1) is 0 Å². The Morgan fingerprint density at radius 2 is 1.80 bits per heavy atom. The van der Waals surface area contributed by atoms with E-state index < -0.39 is 0 Å². The number of halogens is 1. The number of hydrogen-bond acceptors (Lipinski definition) is 1. The van der Waals surface area contributed by atoms with E-state index in [1.165, 1.54) is 25.3 Å². The molecule has 1 aliphatic rings. The quantitative estimate of drug-likeness (QED) is 0.850. The van der Waals surface area contributed by atoms with Crippen LogP contribution in [0.4, 0.5) is 4.39 Å². The minimum absolute atomic E-state index is 0.137. The normalized spacial score (nSPS) is 21.9. The third-order valence-corrected chi connectivity index (χ3v) is 4.29. The van der Waals surface area contributed by atoms with Crippen molar-refractivity contribution in [3.63, 3.8) is 0 Å². The Hall–Kier alpha value is -0.890. The molecule has 1 nitrogen and oxygen atoms in total. The summed E-state index contributed by atoms with van der Waals surface area (Å²) in [5, 5.41) is 3.68. The second kappa shape index (κ2) is 5.85. The number of nitrogens with one attached hydrogen (secondary N) is 1. The molecule has 0 unspecified atom stereocenters. The van der Waals surface area contributed by atoms with Crippen LogP contribution in [0, 0.1) is 16.6 Å². The molecule has 0 saturated heterocycles. The first-order chi connectivity index (χ1) is 9.26. The highest BCUT2D eigenvalue weighted by molar-refractivity contribution is 5.16. The van der Waals surface area contributed by atoms with Gasteiger partial charge in [-0.1, -0.05) is 39.8 Å². The average molecular weight is 277 g/mol. The smallest absolute Gasteiger partial charge is 0.123 e. The zero-order valence-corrected chi connectivity index (χ0v) is 13.3. The molecule has 1 aromatic carbocycles. The summed E-state index contributed by atoms with van der Waals surface area (Å²) in [5.41, 5.74) is 1.91. The van der Waals surface area contributed by atoms with Crippen LogP contribution in [0.15, 0.2) is 24.3 Å². The highest BCUT2D eigenvalue weighted by Gasteiger charge is 2.37. The summed E-state index contributed by atoms with van der Waals surface area (Å²) in [5.74, 6) is -0.137. The Morgan fingerprint density at radius 1 is 1.15 bits per heavy atom. The largest absolute Gasteiger partial charge is 0.314 e.